The zero-order valence-corrected chi connectivity index (χ0v) is 15.1. The van der Waals surface area contributed by atoms with Crippen LogP contribution in [0, 0.1) is 6.92 Å². The van der Waals surface area contributed by atoms with Crippen LogP contribution in [0.15, 0.2) is 53.4 Å². The highest BCUT2D eigenvalue weighted by Gasteiger charge is 2.21. The summed E-state index contributed by atoms with van der Waals surface area (Å²) in [6, 6.07) is 13.7. The van der Waals surface area contributed by atoms with E-state index in [1.165, 1.54) is 0 Å². The molecule has 0 aliphatic heterocycles. The SMILES string of the molecule is Cc1ccc(S(=O)(=O)N[C@H](CI)c2ccccc2Cl)cc1. The van der Waals surface area contributed by atoms with Gasteiger partial charge in [-0.15, -0.1) is 0 Å². The molecule has 0 unspecified atom stereocenters. The minimum absolute atomic E-state index is 0.259. The first-order chi connectivity index (χ1) is 9.94. The lowest BCUT2D eigenvalue weighted by molar-refractivity contribution is 0.569. The maximum atomic E-state index is 12.4. The molecule has 112 valence electrons. The molecule has 1 N–H and O–H groups in total. The van der Waals surface area contributed by atoms with Gasteiger partial charge >= 0.3 is 0 Å². The third-order valence-corrected chi connectivity index (χ3v) is 5.78. The molecule has 21 heavy (non-hydrogen) atoms. The van der Waals surface area contributed by atoms with E-state index >= 15 is 0 Å². The molecule has 0 bridgehead atoms. The molecule has 0 aliphatic carbocycles. The summed E-state index contributed by atoms with van der Waals surface area (Å²) in [6.45, 7) is 1.92. The minimum Gasteiger partial charge on any atom is -0.207 e. The van der Waals surface area contributed by atoms with Gasteiger partial charge in [0.2, 0.25) is 10.0 Å². The molecule has 0 aliphatic rings. The molecule has 0 heterocycles. The number of hydrogen-bond acceptors (Lipinski definition) is 2. The maximum Gasteiger partial charge on any atom is 0.241 e. The fourth-order valence-electron chi connectivity index (χ4n) is 1.91. The Morgan fingerprint density at radius 3 is 2.33 bits per heavy atom. The van der Waals surface area contributed by atoms with Gasteiger partial charge in [-0.3, -0.25) is 0 Å². The van der Waals surface area contributed by atoms with Crippen molar-refractivity contribution in [3.8, 4) is 0 Å². The van der Waals surface area contributed by atoms with Crippen LogP contribution in [0.4, 0.5) is 0 Å². The Bertz CT molecular complexity index is 717. The van der Waals surface area contributed by atoms with Crippen molar-refractivity contribution in [1.82, 2.24) is 4.72 Å². The molecule has 6 heteroatoms. The fourth-order valence-corrected chi connectivity index (χ4v) is 4.38. The monoisotopic (exact) mass is 435 g/mol. The normalized spacial score (nSPS) is 13.1. The van der Waals surface area contributed by atoms with E-state index in [4.69, 9.17) is 11.6 Å². The summed E-state index contributed by atoms with van der Waals surface area (Å²) >= 11 is 8.30. The van der Waals surface area contributed by atoms with Crippen molar-refractivity contribution in [3.05, 3.63) is 64.7 Å². The Morgan fingerprint density at radius 2 is 1.76 bits per heavy atom. The molecule has 2 rings (SSSR count). The largest absolute Gasteiger partial charge is 0.241 e. The number of rotatable bonds is 5. The lowest BCUT2D eigenvalue weighted by Gasteiger charge is -2.18. The Morgan fingerprint density at radius 1 is 1.14 bits per heavy atom. The van der Waals surface area contributed by atoms with Crippen molar-refractivity contribution in [3.63, 3.8) is 0 Å². The molecule has 0 aromatic heterocycles. The average Bonchev–Trinajstić information content (AvgIpc) is 2.46. The second-order valence-corrected chi connectivity index (χ2v) is 7.66. The molecule has 0 fully saturated rings. The van der Waals surface area contributed by atoms with Gasteiger partial charge in [0, 0.05) is 9.45 Å². The summed E-state index contributed by atoms with van der Waals surface area (Å²) in [6.07, 6.45) is 0. The van der Waals surface area contributed by atoms with Crippen LogP contribution in [0.3, 0.4) is 0 Å². The van der Waals surface area contributed by atoms with Crippen LogP contribution in [0.25, 0.3) is 0 Å². The van der Waals surface area contributed by atoms with Crippen LogP contribution in [-0.2, 0) is 10.0 Å². The maximum absolute atomic E-state index is 12.4. The zero-order chi connectivity index (χ0) is 15.5. The van der Waals surface area contributed by atoms with E-state index in [2.05, 4.69) is 27.3 Å². The molecule has 0 saturated heterocycles. The van der Waals surface area contributed by atoms with E-state index in [1.54, 1.807) is 30.3 Å². The topological polar surface area (TPSA) is 46.2 Å². The van der Waals surface area contributed by atoms with Crippen LogP contribution in [-0.4, -0.2) is 12.8 Å². The first-order valence-electron chi connectivity index (χ1n) is 6.33. The first kappa shape index (κ1) is 16.7. The van der Waals surface area contributed by atoms with Gasteiger partial charge in [0.05, 0.1) is 10.9 Å². The summed E-state index contributed by atoms with van der Waals surface area (Å²) in [7, 11) is -3.57. The van der Waals surface area contributed by atoms with E-state index < -0.39 is 10.0 Å². The van der Waals surface area contributed by atoms with E-state index in [0.29, 0.717) is 9.45 Å². The van der Waals surface area contributed by atoms with Crippen LogP contribution < -0.4 is 4.72 Å². The van der Waals surface area contributed by atoms with Gasteiger partial charge in [-0.25, -0.2) is 13.1 Å². The highest BCUT2D eigenvalue weighted by molar-refractivity contribution is 14.1. The Labute approximate surface area is 143 Å². The number of hydrogen-bond donors (Lipinski definition) is 1. The predicted octanol–water partition coefficient (Wildman–Crippen LogP) is 4.10. The van der Waals surface area contributed by atoms with Crippen LogP contribution in [0.1, 0.15) is 17.2 Å². The van der Waals surface area contributed by atoms with Crippen molar-refractivity contribution in [2.75, 3.05) is 4.43 Å². The second-order valence-electron chi connectivity index (χ2n) is 4.66. The third-order valence-electron chi connectivity index (χ3n) is 3.06. The molecule has 3 nitrogen and oxygen atoms in total. The molecule has 0 saturated carbocycles. The summed E-state index contributed by atoms with van der Waals surface area (Å²) in [4.78, 5) is 0.259. The van der Waals surface area contributed by atoms with Crippen molar-refractivity contribution in [2.24, 2.45) is 0 Å². The van der Waals surface area contributed by atoms with Gasteiger partial charge in [-0.05, 0) is 30.7 Å². The summed E-state index contributed by atoms with van der Waals surface area (Å²) in [5, 5.41) is 0.561. The number of nitrogens with one attached hydrogen (secondary N) is 1. The quantitative estimate of drug-likeness (QED) is 0.568. The van der Waals surface area contributed by atoms with Crippen LogP contribution in [0.2, 0.25) is 5.02 Å². The van der Waals surface area contributed by atoms with E-state index in [-0.39, 0.29) is 10.9 Å². The molecule has 2 aromatic carbocycles. The van der Waals surface area contributed by atoms with Crippen molar-refractivity contribution < 1.29 is 8.42 Å². The first-order valence-corrected chi connectivity index (χ1v) is 9.72. The lowest BCUT2D eigenvalue weighted by Crippen LogP contribution is -2.29. The summed E-state index contributed by atoms with van der Waals surface area (Å²) in [5.74, 6) is 0. The third kappa shape index (κ3) is 4.18. The number of sulfonamides is 1. The molecular weight excluding hydrogens is 421 g/mol. The second kappa shape index (κ2) is 7.09. The highest BCUT2D eigenvalue weighted by atomic mass is 127. The molecular formula is C15H15ClINO2S. The highest BCUT2D eigenvalue weighted by Crippen LogP contribution is 2.26. The number of benzene rings is 2. The predicted molar refractivity (Wildman–Crippen MR) is 94.6 cm³/mol. The fraction of sp³-hybridized carbons (Fsp3) is 0.200. The van der Waals surface area contributed by atoms with Gasteiger partial charge < -0.3 is 0 Å². The molecule has 0 spiro atoms. The van der Waals surface area contributed by atoms with Gasteiger partial charge in [0.15, 0.2) is 0 Å². The molecule has 2 aromatic rings. The summed E-state index contributed by atoms with van der Waals surface area (Å²) in [5.41, 5.74) is 1.80. The smallest absolute Gasteiger partial charge is 0.207 e. The summed E-state index contributed by atoms with van der Waals surface area (Å²) < 4.78 is 28.2. The minimum atomic E-state index is -3.57. The molecule has 0 amide bonds. The van der Waals surface area contributed by atoms with E-state index in [1.807, 2.05) is 25.1 Å². The van der Waals surface area contributed by atoms with E-state index in [9.17, 15) is 8.42 Å². The van der Waals surface area contributed by atoms with Crippen molar-refractivity contribution in [1.29, 1.82) is 0 Å². The van der Waals surface area contributed by atoms with Gasteiger partial charge in [-0.1, -0.05) is 70.1 Å². The number of alkyl halides is 1. The Hall–Kier alpha value is -0.630. The molecule has 1 atom stereocenters. The van der Waals surface area contributed by atoms with Crippen molar-refractivity contribution >= 4 is 44.2 Å². The lowest BCUT2D eigenvalue weighted by atomic mass is 10.1. The number of aryl methyl sites for hydroxylation is 1. The van der Waals surface area contributed by atoms with Crippen LogP contribution in [0.5, 0.6) is 0 Å². The number of halogens is 2. The molecule has 0 radical (unpaired) electrons. The van der Waals surface area contributed by atoms with Gasteiger partial charge in [-0.2, -0.15) is 0 Å². The van der Waals surface area contributed by atoms with E-state index in [0.717, 1.165) is 11.1 Å². The zero-order valence-electron chi connectivity index (χ0n) is 11.4. The van der Waals surface area contributed by atoms with Gasteiger partial charge in [0.1, 0.15) is 0 Å². The Balaban J connectivity index is 2.30. The van der Waals surface area contributed by atoms with Crippen molar-refractivity contribution in [2.45, 2.75) is 17.9 Å². The van der Waals surface area contributed by atoms with Crippen LogP contribution >= 0.6 is 34.2 Å². The average molecular weight is 436 g/mol. The Kier molecular flexibility index (Phi) is 5.65. The van der Waals surface area contributed by atoms with Gasteiger partial charge in [0.25, 0.3) is 0 Å². The standard InChI is InChI=1S/C15H15ClINO2S/c1-11-6-8-12(9-7-11)21(19,20)18-15(10-17)13-4-2-3-5-14(13)16/h2-9,15,18H,10H2,1H3/t15-/m1/s1.